The van der Waals surface area contributed by atoms with Crippen LogP contribution in [0, 0.1) is 13.8 Å². The highest BCUT2D eigenvalue weighted by Gasteiger charge is 2.16. The average Bonchev–Trinajstić information content (AvgIpc) is 2.32. The number of H-pyrrole nitrogens is 1. The smallest absolute Gasteiger partial charge is 0.348 e. The number of benzene rings is 2. The molecule has 2 nitrogen and oxygen atoms in total. The molecule has 84 valence electrons. The Hall–Kier alpha value is -1.66. The first-order chi connectivity index (χ1) is 8.15. The first-order valence-electron chi connectivity index (χ1n) is 5.61. The molecule has 2 aromatic carbocycles. The van der Waals surface area contributed by atoms with Crippen LogP contribution in [0.1, 0.15) is 11.1 Å². The van der Waals surface area contributed by atoms with Crippen LogP contribution in [0.3, 0.4) is 0 Å². The van der Waals surface area contributed by atoms with Crippen molar-refractivity contribution in [2.24, 2.45) is 0 Å². The van der Waals surface area contributed by atoms with E-state index >= 15 is 0 Å². The molecule has 0 spiro atoms. The molecule has 17 heavy (non-hydrogen) atoms. The van der Waals surface area contributed by atoms with Gasteiger partial charge in [0, 0.05) is 0 Å². The molecule has 0 fully saturated rings. The Kier molecular flexibility index (Phi) is 2.27. The Labute approximate surface area is 100 Å². The van der Waals surface area contributed by atoms with Gasteiger partial charge in [-0.25, -0.2) is 0 Å². The zero-order valence-corrected chi connectivity index (χ0v) is 10.7. The highest BCUT2D eigenvalue weighted by atomic mass is 31.1. The Morgan fingerprint density at radius 3 is 1.82 bits per heavy atom. The molecule has 0 amide bonds. The maximum Gasteiger partial charge on any atom is 0.419 e. The van der Waals surface area contributed by atoms with Gasteiger partial charge in [-0.1, -0.05) is 16.7 Å². The van der Waals surface area contributed by atoms with Crippen LogP contribution >= 0.6 is 7.41 Å². The maximum absolute atomic E-state index is 12.5. The average molecular weight is 242 g/mol. The summed E-state index contributed by atoms with van der Waals surface area (Å²) in [4.78, 5) is 3.34. The Morgan fingerprint density at radius 1 is 0.882 bits per heavy atom. The summed E-state index contributed by atoms with van der Waals surface area (Å²) in [5.74, 6) is 0. The third-order valence-corrected chi connectivity index (χ3v) is 4.63. The van der Waals surface area contributed by atoms with Gasteiger partial charge in [0.15, 0.2) is 0 Å². The van der Waals surface area contributed by atoms with E-state index in [0.717, 1.165) is 32.4 Å². The van der Waals surface area contributed by atoms with E-state index in [9.17, 15) is 4.57 Å². The van der Waals surface area contributed by atoms with Crippen LogP contribution in [0.4, 0.5) is 0 Å². The molecule has 1 heterocycles. The molecule has 0 bridgehead atoms. The van der Waals surface area contributed by atoms with E-state index < -0.39 is 7.41 Å². The molecule has 0 saturated heterocycles. The molecule has 3 aromatic rings. The SMILES string of the molecule is Cc1ccc2[nH]c3ccc(C)cc3[p+](=O)c2c1. The van der Waals surface area contributed by atoms with Crippen molar-refractivity contribution in [3.05, 3.63) is 47.5 Å². The summed E-state index contributed by atoms with van der Waals surface area (Å²) < 4.78 is 12.5. The van der Waals surface area contributed by atoms with Crippen LogP contribution in [0.25, 0.3) is 21.3 Å². The molecule has 0 aliphatic rings. The lowest BCUT2D eigenvalue weighted by Crippen LogP contribution is -1.82. The van der Waals surface area contributed by atoms with Gasteiger partial charge in [-0.05, 0) is 49.2 Å². The van der Waals surface area contributed by atoms with Crippen LogP contribution in [0.15, 0.2) is 36.4 Å². The first-order valence-corrected chi connectivity index (χ1v) is 6.87. The van der Waals surface area contributed by atoms with Gasteiger partial charge in [-0.2, -0.15) is 0 Å². The van der Waals surface area contributed by atoms with Gasteiger partial charge in [-0.3, -0.25) is 0 Å². The van der Waals surface area contributed by atoms with Gasteiger partial charge in [0.05, 0.1) is 11.0 Å². The number of aromatic amines is 1. The third kappa shape index (κ3) is 1.65. The van der Waals surface area contributed by atoms with Crippen LogP contribution in [0.5, 0.6) is 0 Å². The molecular formula is C14H13NOP+. The normalized spacial score (nSPS) is 11.2. The van der Waals surface area contributed by atoms with E-state index in [2.05, 4.69) is 4.98 Å². The number of nitrogens with one attached hydrogen (secondary N) is 1. The van der Waals surface area contributed by atoms with E-state index in [1.165, 1.54) is 0 Å². The quantitative estimate of drug-likeness (QED) is 0.570. The number of fused-ring (bicyclic) bond motifs is 2. The molecule has 1 aromatic heterocycles. The van der Waals surface area contributed by atoms with Crippen molar-refractivity contribution >= 4 is 28.7 Å². The lowest BCUT2D eigenvalue weighted by atomic mass is 10.2. The number of aryl methyl sites for hydroxylation is 2. The molecule has 0 aliphatic carbocycles. The number of hydrogen-bond acceptors (Lipinski definition) is 1. The molecule has 0 saturated carbocycles. The van der Waals surface area contributed by atoms with Crippen molar-refractivity contribution in [3.8, 4) is 0 Å². The molecule has 0 radical (unpaired) electrons. The van der Waals surface area contributed by atoms with Gasteiger partial charge in [-0.15, -0.1) is 0 Å². The summed E-state index contributed by atoms with van der Waals surface area (Å²) >= 11 is 0. The van der Waals surface area contributed by atoms with Crippen LogP contribution in [-0.2, 0) is 4.57 Å². The molecule has 3 heteroatoms. The molecule has 0 aliphatic heterocycles. The van der Waals surface area contributed by atoms with E-state index in [-0.39, 0.29) is 0 Å². The second-order valence-corrected chi connectivity index (χ2v) is 6.01. The molecule has 3 rings (SSSR count). The lowest BCUT2D eigenvalue weighted by Gasteiger charge is -1.97. The van der Waals surface area contributed by atoms with Crippen LogP contribution in [-0.4, -0.2) is 4.98 Å². The maximum atomic E-state index is 12.5. The largest absolute Gasteiger partial charge is 0.419 e. The molecule has 0 atom stereocenters. The summed E-state index contributed by atoms with van der Waals surface area (Å²) in [6.45, 7) is 4.05. The number of hydrogen-bond donors (Lipinski definition) is 1. The minimum absolute atomic E-state index is 0.915. The second-order valence-electron chi connectivity index (χ2n) is 4.46. The summed E-state index contributed by atoms with van der Waals surface area (Å²) in [5, 5.41) is 1.83. The summed E-state index contributed by atoms with van der Waals surface area (Å²) in [5.41, 5.74) is 4.22. The van der Waals surface area contributed by atoms with E-state index in [1.807, 2.05) is 50.2 Å². The second kappa shape index (κ2) is 3.68. The zero-order valence-electron chi connectivity index (χ0n) is 9.82. The fourth-order valence-corrected chi connectivity index (χ4v) is 3.71. The fourth-order valence-electron chi connectivity index (χ4n) is 2.11. The summed E-state index contributed by atoms with van der Waals surface area (Å²) in [6, 6.07) is 12.1. The predicted octanol–water partition coefficient (Wildman–Crippen LogP) is 4.68. The van der Waals surface area contributed by atoms with Crippen molar-refractivity contribution in [1.29, 1.82) is 0 Å². The highest BCUT2D eigenvalue weighted by molar-refractivity contribution is 7.48. The van der Waals surface area contributed by atoms with Crippen molar-refractivity contribution in [2.75, 3.05) is 0 Å². The Bertz CT molecular complexity index is 726. The van der Waals surface area contributed by atoms with E-state index in [0.29, 0.717) is 0 Å². The molecule has 0 unspecified atom stereocenters. The van der Waals surface area contributed by atoms with Gasteiger partial charge in [0.2, 0.25) is 10.2 Å². The fraction of sp³-hybridized carbons (Fsp3) is 0.143. The van der Waals surface area contributed by atoms with Gasteiger partial charge >= 0.3 is 7.41 Å². The first kappa shape index (κ1) is 10.5. The standard InChI is InChI=1S/C14H13NOP/c1-9-3-5-11-13(7-9)17(16)14-8-10(2)4-6-12(14)15-11/h3-8H,1-2H3,(H,15,16)/q+1. The third-order valence-electron chi connectivity index (χ3n) is 3.01. The van der Waals surface area contributed by atoms with Crippen molar-refractivity contribution in [3.63, 3.8) is 0 Å². The summed E-state index contributed by atoms with van der Waals surface area (Å²) in [7, 11) is -1.47. The number of rotatable bonds is 0. The van der Waals surface area contributed by atoms with Gasteiger partial charge in [0.25, 0.3) is 0 Å². The molecular weight excluding hydrogens is 229 g/mol. The minimum Gasteiger partial charge on any atom is -0.348 e. The highest BCUT2D eigenvalue weighted by Crippen LogP contribution is 2.35. The Morgan fingerprint density at radius 2 is 1.35 bits per heavy atom. The topological polar surface area (TPSA) is 32.9 Å². The van der Waals surface area contributed by atoms with Gasteiger partial charge < -0.3 is 4.98 Å². The monoisotopic (exact) mass is 242 g/mol. The minimum atomic E-state index is -1.47. The zero-order chi connectivity index (χ0) is 12.0. The summed E-state index contributed by atoms with van der Waals surface area (Å²) in [6.07, 6.45) is 0. The van der Waals surface area contributed by atoms with Crippen LogP contribution < -0.4 is 0 Å². The van der Waals surface area contributed by atoms with Crippen molar-refractivity contribution in [1.82, 2.24) is 4.98 Å². The predicted molar refractivity (Wildman–Crippen MR) is 72.9 cm³/mol. The van der Waals surface area contributed by atoms with E-state index in [1.54, 1.807) is 0 Å². The van der Waals surface area contributed by atoms with Crippen LogP contribution in [0.2, 0.25) is 0 Å². The van der Waals surface area contributed by atoms with Crippen molar-refractivity contribution < 1.29 is 4.57 Å². The van der Waals surface area contributed by atoms with E-state index in [4.69, 9.17) is 0 Å². The number of aromatic nitrogens is 1. The van der Waals surface area contributed by atoms with Gasteiger partial charge in [0.1, 0.15) is 0 Å². The molecule has 1 N–H and O–H groups in total. The van der Waals surface area contributed by atoms with Crippen molar-refractivity contribution in [2.45, 2.75) is 13.8 Å². The lowest BCUT2D eigenvalue weighted by molar-refractivity contribution is 0.602. The Balaban J connectivity index is 2.58.